The van der Waals surface area contributed by atoms with Gasteiger partial charge in [-0.1, -0.05) is 6.92 Å². The number of hydrogen-bond acceptors (Lipinski definition) is 3. The second-order valence-electron chi connectivity index (χ2n) is 2.62. The Morgan fingerprint density at radius 3 is 2.82 bits per heavy atom. The molecule has 1 atom stereocenters. The van der Waals surface area contributed by atoms with Crippen molar-refractivity contribution in [2.75, 3.05) is 0 Å². The van der Waals surface area contributed by atoms with Crippen LogP contribution in [0.15, 0.2) is 11.4 Å². The minimum atomic E-state index is 0.319. The van der Waals surface area contributed by atoms with Crippen LogP contribution in [0.1, 0.15) is 29.8 Å². The summed E-state index contributed by atoms with van der Waals surface area (Å²) in [7, 11) is 0. The predicted octanol–water partition coefficient (Wildman–Crippen LogP) is 1.97. The highest BCUT2D eigenvalue weighted by Crippen LogP contribution is 2.21. The molecule has 1 unspecified atom stereocenters. The average Bonchev–Trinajstić information content (AvgIpc) is 2.39. The van der Waals surface area contributed by atoms with E-state index in [9.17, 15) is 0 Å². The number of aryl methyl sites for hydroxylation is 1. The van der Waals surface area contributed by atoms with Crippen molar-refractivity contribution >= 4 is 11.3 Å². The first-order chi connectivity index (χ1) is 5.27. The lowest BCUT2D eigenvalue weighted by Crippen LogP contribution is -2.26. The number of rotatable bonds is 3. The number of hydrogen-bond donors (Lipinski definition) is 2. The summed E-state index contributed by atoms with van der Waals surface area (Å²) in [5, 5.41) is 2.16. The highest BCUT2D eigenvalue weighted by molar-refractivity contribution is 7.10. The van der Waals surface area contributed by atoms with Crippen molar-refractivity contribution in [1.82, 2.24) is 5.43 Å². The molecular weight excluding hydrogens is 156 g/mol. The zero-order valence-corrected chi connectivity index (χ0v) is 7.74. The second-order valence-corrected chi connectivity index (χ2v) is 3.73. The molecule has 0 saturated heterocycles. The molecule has 0 aliphatic carbocycles. The van der Waals surface area contributed by atoms with Gasteiger partial charge in [0.05, 0.1) is 0 Å². The van der Waals surface area contributed by atoms with Crippen LogP contribution in [0.4, 0.5) is 0 Å². The summed E-state index contributed by atoms with van der Waals surface area (Å²) in [5.41, 5.74) is 4.09. The Bertz CT molecular complexity index is 216. The first-order valence-electron chi connectivity index (χ1n) is 3.79. The van der Waals surface area contributed by atoms with E-state index in [2.05, 4.69) is 30.7 Å². The van der Waals surface area contributed by atoms with Crippen LogP contribution < -0.4 is 11.3 Å². The van der Waals surface area contributed by atoms with E-state index in [0.717, 1.165) is 6.42 Å². The van der Waals surface area contributed by atoms with E-state index in [1.54, 1.807) is 11.3 Å². The molecule has 1 heterocycles. The second kappa shape index (κ2) is 3.85. The Labute approximate surface area is 71.4 Å². The van der Waals surface area contributed by atoms with Gasteiger partial charge in [-0.2, -0.15) is 0 Å². The first-order valence-corrected chi connectivity index (χ1v) is 4.67. The van der Waals surface area contributed by atoms with Gasteiger partial charge in [-0.15, -0.1) is 11.3 Å². The minimum absolute atomic E-state index is 0.319. The number of nitrogens with two attached hydrogens (primary N) is 1. The summed E-state index contributed by atoms with van der Waals surface area (Å²) >= 11 is 1.77. The smallest absolute Gasteiger partial charge is 0.0465 e. The molecule has 0 aliphatic rings. The van der Waals surface area contributed by atoms with E-state index in [1.807, 2.05) is 0 Å². The molecule has 0 aliphatic heterocycles. The Morgan fingerprint density at radius 2 is 2.45 bits per heavy atom. The van der Waals surface area contributed by atoms with E-state index in [1.165, 1.54) is 10.4 Å². The van der Waals surface area contributed by atoms with Crippen LogP contribution in [-0.4, -0.2) is 0 Å². The van der Waals surface area contributed by atoms with Gasteiger partial charge in [-0.3, -0.25) is 11.3 Å². The molecule has 1 aromatic heterocycles. The topological polar surface area (TPSA) is 38.0 Å². The summed E-state index contributed by atoms with van der Waals surface area (Å²) < 4.78 is 0. The first kappa shape index (κ1) is 8.71. The monoisotopic (exact) mass is 170 g/mol. The SMILES string of the molecule is CCC(NN)c1csc(C)c1. The lowest BCUT2D eigenvalue weighted by molar-refractivity contribution is 0.540. The predicted molar refractivity (Wildman–Crippen MR) is 49.4 cm³/mol. The Hall–Kier alpha value is -0.380. The van der Waals surface area contributed by atoms with Crippen molar-refractivity contribution in [2.45, 2.75) is 26.3 Å². The van der Waals surface area contributed by atoms with Crippen LogP contribution in [0, 0.1) is 6.92 Å². The maximum absolute atomic E-state index is 5.38. The molecule has 0 spiro atoms. The van der Waals surface area contributed by atoms with Crippen molar-refractivity contribution in [3.05, 3.63) is 21.9 Å². The third-order valence-corrected chi connectivity index (χ3v) is 2.64. The van der Waals surface area contributed by atoms with Gasteiger partial charge < -0.3 is 0 Å². The van der Waals surface area contributed by atoms with Gasteiger partial charge >= 0.3 is 0 Å². The Balaban J connectivity index is 2.73. The lowest BCUT2D eigenvalue weighted by Gasteiger charge is -2.10. The van der Waals surface area contributed by atoms with Gasteiger partial charge in [0.25, 0.3) is 0 Å². The van der Waals surface area contributed by atoms with E-state index in [-0.39, 0.29) is 0 Å². The van der Waals surface area contributed by atoms with Crippen LogP contribution in [0.2, 0.25) is 0 Å². The molecule has 11 heavy (non-hydrogen) atoms. The van der Waals surface area contributed by atoms with Crippen LogP contribution in [0.5, 0.6) is 0 Å². The van der Waals surface area contributed by atoms with E-state index < -0.39 is 0 Å². The third kappa shape index (κ3) is 2.02. The van der Waals surface area contributed by atoms with E-state index in [0.29, 0.717) is 6.04 Å². The van der Waals surface area contributed by atoms with Crippen molar-refractivity contribution < 1.29 is 0 Å². The minimum Gasteiger partial charge on any atom is -0.271 e. The van der Waals surface area contributed by atoms with Crippen LogP contribution in [0.3, 0.4) is 0 Å². The molecular formula is C8H14N2S. The zero-order valence-electron chi connectivity index (χ0n) is 6.92. The highest BCUT2D eigenvalue weighted by Gasteiger charge is 2.07. The third-order valence-electron chi connectivity index (χ3n) is 1.76. The average molecular weight is 170 g/mol. The van der Waals surface area contributed by atoms with Crippen molar-refractivity contribution in [3.8, 4) is 0 Å². The summed E-state index contributed by atoms with van der Waals surface area (Å²) in [6.45, 7) is 4.23. The summed E-state index contributed by atoms with van der Waals surface area (Å²) in [6, 6.07) is 2.50. The maximum Gasteiger partial charge on any atom is 0.0465 e. The fraction of sp³-hybridized carbons (Fsp3) is 0.500. The van der Waals surface area contributed by atoms with Gasteiger partial charge in [-0.05, 0) is 30.4 Å². The van der Waals surface area contributed by atoms with Crippen LogP contribution >= 0.6 is 11.3 Å². The molecule has 3 heteroatoms. The number of hydrazine groups is 1. The standard InChI is InChI=1S/C8H14N2S/c1-3-8(10-9)7-4-6(2)11-5-7/h4-5,8,10H,3,9H2,1-2H3. The van der Waals surface area contributed by atoms with Gasteiger partial charge in [0.1, 0.15) is 0 Å². The lowest BCUT2D eigenvalue weighted by atomic mass is 10.1. The van der Waals surface area contributed by atoms with Gasteiger partial charge in [0.15, 0.2) is 0 Å². The summed E-state index contributed by atoms with van der Waals surface area (Å²) in [4.78, 5) is 1.34. The molecule has 3 N–H and O–H groups in total. The maximum atomic E-state index is 5.38. The number of nitrogens with one attached hydrogen (secondary N) is 1. The molecule has 1 rings (SSSR count). The molecule has 62 valence electrons. The molecule has 1 aromatic rings. The molecule has 0 aromatic carbocycles. The normalized spacial score (nSPS) is 13.4. The molecule has 0 amide bonds. The Morgan fingerprint density at radius 1 is 1.73 bits per heavy atom. The molecule has 0 radical (unpaired) electrons. The highest BCUT2D eigenvalue weighted by atomic mass is 32.1. The van der Waals surface area contributed by atoms with E-state index in [4.69, 9.17) is 5.84 Å². The molecule has 0 saturated carbocycles. The molecule has 0 fully saturated rings. The number of thiophene rings is 1. The van der Waals surface area contributed by atoms with Crippen LogP contribution in [0.25, 0.3) is 0 Å². The van der Waals surface area contributed by atoms with Gasteiger partial charge in [-0.25, -0.2) is 0 Å². The van der Waals surface area contributed by atoms with Crippen molar-refractivity contribution in [1.29, 1.82) is 0 Å². The van der Waals surface area contributed by atoms with Crippen molar-refractivity contribution in [2.24, 2.45) is 5.84 Å². The molecule has 2 nitrogen and oxygen atoms in total. The zero-order chi connectivity index (χ0) is 8.27. The largest absolute Gasteiger partial charge is 0.271 e. The fourth-order valence-electron chi connectivity index (χ4n) is 1.10. The molecule has 0 bridgehead atoms. The van der Waals surface area contributed by atoms with Gasteiger partial charge in [0.2, 0.25) is 0 Å². The van der Waals surface area contributed by atoms with Crippen LogP contribution in [-0.2, 0) is 0 Å². The summed E-state index contributed by atoms with van der Waals surface area (Å²) in [5.74, 6) is 5.38. The van der Waals surface area contributed by atoms with Gasteiger partial charge in [0, 0.05) is 10.9 Å². The van der Waals surface area contributed by atoms with E-state index >= 15 is 0 Å². The quantitative estimate of drug-likeness (QED) is 0.537. The fourth-order valence-corrected chi connectivity index (χ4v) is 1.85. The van der Waals surface area contributed by atoms with Crippen molar-refractivity contribution in [3.63, 3.8) is 0 Å². The Kier molecular flexibility index (Phi) is 3.05. The summed E-state index contributed by atoms with van der Waals surface area (Å²) in [6.07, 6.45) is 1.03.